The molecule has 0 bridgehead atoms. The Morgan fingerprint density at radius 3 is 2.93 bits per heavy atom. The van der Waals surface area contributed by atoms with E-state index in [1.54, 1.807) is 7.11 Å². The van der Waals surface area contributed by atoms with Crippen molar-refractivity contribution in [1.82, 2.24) is 19.8 Å². The number of ether oxygens (including phenoxy) is 1. The van der Waals surface area contributed by atoms with Gasteiger partial charge in [0.05, 0.1) is 18.8 Å². The molecule has 0 aliphatic carbocycles. The van der Waals surface area contributed by atoms with Crippen molar-refractivity contribution in [3.8, 4) is 5.75 Å². The summed E-state index contributed by atoms with van der Waals surface area (Å²) in [6.07, 6.45) is 7.55. The predicted molar refractivity (Wildman–Crippen MR) is 112 cm³/mol. The van der Waals surface area contributed by atoms with Crippen molar-refractivity contribution in [2.45, 2.75) is 51.1 Å². The van der Waals surface area contributed by atoms with Gasteiger partial charge in [0.25, 0.3) is 0 Å². The molecule has 154 valence electrons. The first-order valence-corrected chi connectivity index (χ1v) is 10.6. The number of carbonyl (C=O) groups is 1. The minimum absolute atomic E-state index is 0.178. The highest BCUT2D eigenvalue weighted by Crippen LogP contribution is 2.28. The highest BCUT2D eigenvalue weighted by atomic mass is 16.5. The van der Waals surface area contributed by atoms with Gasteiger partial charge in [0, 0.05) is 37.7 Å². The molecule has 0 radical (unpaired) electrons. The Bertz CT molecular complexity index is 870. The maximum Gasteiger partial charge on any atom is 0.223 e. The van der Waals surface area contributed by atoms with E-state index >= 15 is 0 Å². The van der Waals surface area contributed by atoms with E-state index in [-0.39, 0.29) is 5.91 Å². The topological polar surface area (TPSA) is 58.6 Å². The maximum atomic E-state index is 12.8. The van der Waals surface area contributed by atoms with Crippen molar-refractivity contribution in [3.63, 3.8) is 0 Å². The number of likely N-dealkylation sites (tertiary alicyclic amines) is 1. The molecule has 2 aliphatic heterocycles. The monoisotopic (exact) mass is 394 g/mol. The van der Waals surface area contributed by atoms with Gasteiger partial charge in [-0.25, -0.2) is 9.97 Å². The van der Waals surface area contributed by atoms with Crippen molar-refractivity contribution in [3.05, 3.63) is 53.1 Å². The lowest BCUT2D eigenvalue weighted by Crippen LogP contribution is -2.37. The molecular formula is C23H30N4O2. The summed E-state index contributed by atoms with van der Waals surface area (Å²) in [6.45, 7) is 2.45. The van der Waals surface area contributed by atoms with Gasteiger partial charge >= 0.3 is 0 Å². The Morgan fingerprint density at radius 1 is 1.24 bits per heavy atom. The van der Waals surface area contributed by atoms with Crippen LogP contribution >= 0.6 is 0 Å². The molecule has 0 unspecified atom stereocenters. The van der Waals surface area contributed by atoms with E-state index in [1.807, 2.05) is 35.4 Å². The van der Waals surface area contributed by atoms with Crippen LogP contribution < -0.4 is 4.74 Å². The summed E-state index contributed by atoms with van der Waals surface area (Å²) in [5.74, 6) is 1.97. The Labute approximate surface area is 172 Å². The maximum absolute atomic E-state index is 12.8. The normalized spacial score (nSPS) is 19.7. The zero-order valence-electron chi connectivity index (χ0n) is 17.4. The van der Waals surface area contributed by atoms with Gasteiger partial charge in [-0.1, -0.05) is 24.6 Å². The molecule has 4 rings (SSSR count). The second-order valence-corrected chi connectivity index (χ2v) is 8.07. The molecule has 1 saturated heterocycles. The summed E-state index contributed by atoms with van der Waals surface area (Å²) in [5, 5.41) is 0. The molecule has 0 N–H and O–H groups in total. The summed E-state index contributed by atoms with van der Waals surface area (Å²) in [6, 6.07) is 8.23. The molecule has 1 amide bonds. The Balaban J connectivity index is 1.39. The molecule has 3 heterocycles. The molecular weight excluding hydrogens is 364 g/mol. The number of carbonyl (C=O) groups excluding carboxylic acids is 1. The number of nitrogens with zero attached hydrogens (tertiary/aromatic N) is 4. The highest BCUT2D eigenvalue weighted by molar-refractivity contribution is 5.76. The molecule has 6 nitrogen and oxygen atoms in total. The van der Waals surface area contributed by atoms with Crippen LogP contribution in [0.2, 0.25) is 0 Å². The zero-order chi connectivity index (χ0) is 20.2. The summed E-state index contributed by atoms with van der Waals surface area (Å²) in [7, 11) is 3.83. The van der Waals surface area contributed by atoms with Crippen molar-refractivity contribution < 1.29 is 9.53 Å². The number of para-hydroxylation sites is 1. The van der Waals surface area contributed by atoms with Crippen LogP contribution in [0.3, 0.4) is 0 Å². The average Bonchev–Trinajstić information content (AvgIpc) is 2.77. The van der Waals surface area contributed by atoms with Crippen LogP contribution in [0, 0.1) is 0 Å². The van der Waals surface area contributed by atoms with Crippen LogP contribution in [-0.4, -0.2) is 52.9 Å². The number of fused-ring (bicyclic) bond motifs is 1. The molecule has 1 aromatic heterocycles. The van der Waals surface area contributed by atoms with E-state index in [0.717, 1.165) is 54.3 Å². The molecule has 0 saturated carbocycles. The first-order valence-electron chi connectivity index (χ1n) is 10.6. The quantitative estimate of drug-likeness (QED) is 0.780. The fourth-order valence-electron chi connectivity index (χ4n) is 4.42. The first kappa shape index (κ1) is 19.8. The number of hydrogen-bond acceptors (Lipinski definition) is 5. The molecule has 1 atom stereocenters. The van der Waals surface area contributed by atoms with E-state index in [1.165, 1.54) is 12.8 Å². The lowest BCUT2D eigenvalue weighted by atomic mass is 10.0. The minimum Gasteiger partial charge on any atom is -0.496 e. The molecule has 0 spiro atoms. The number of hydrogen-bond donors (Lipinski definition) is 0. The third-order valence-corrected chi connectivity index (χ3v) is 6.17. The van der Waals surface area contributed by atoms with Crippen LogP contribution in [0.15, 0.2) is 30.5 Å². The Morgan fingerprint density at radius 2 is 2.10 bits per heavy atom. The standard InChI is InChI=1S/C23H30N4O2/c1-26-13-6-5-8-20(26)23-24-15-18-16-27(14-12-19(18)25-23)22(28)11-10-17-7-3-4-9-21(17)29-2/h3-4,7,9,15,20H,5-6,8,10-14,16H2,1-2H3/t20-/m0/s1. The van der Waals surface area contributed by atoms with Crippen molar-refractivity contribution >= 4 is 5.91 Å². The molecule has 2 aromatic rings. The van der Waals surface area contributed by atoms with Crippen LogP contribution in [0.4, 0.5) is 0 Å². The van der Waals surface area contributed by atoms with Gasteiger partial charge in [-0.05, 0) is 44.5 Å². The number of piperidine rings is 1. The summed E-state index contributed by atoms with van der Waals surface area (Å²) in [4.78, 5) is 26.6. The molecule has 1 fully saturated rings. The highest BCUT2D eigenvalue weighted by Gasteiger charge is 2.26. The fraction of sp³-hybridized carbons (Fsp3) is 0.522. The SMILES string of the molecule is COc1ccccc1CCC(=O)N1CCc2nc([C@@H]3CCCCN3C)ncc2C1. The second kappa shape index (κ2) is 8.91. The summed E-state index contributed by atoms with van der Waals surface area (Å²) in [5.41, 5.74) is 3.28. The van der Waals surface area contributed by atoms with Gasteiger partial charge in [0.1, 0.15) is 11.6 Å². The van der Waals surface area contributed by atoms with Crippen molar-refractivity contribution in [2.75, 3.05) is 27.2 Å². The van der Waals surface area contributed by atoms with E-state index in [2.05, 4.69) is 16.9 Å². The van der Waals surface area contributed by atoms with Gasteiger partial charge in [-0.3, -0.25) is 9.69 Å². The number of rotatable bonds is 5. The number of aryl methyl sites for hydroxylation is 1. The second-order valence-electron chi connectivity index (χ2n) is 8.07. The van der Waals surface area contributed by atoms with Crippen LogP contribution in [0.5, 0.6) is 5.75 Å². The van der Waals surface area contributed by atoms with Gasteiger partial charge < -0.3 is 9.64 Å². The summed E-state index contributed by atoms with van der Waals surface area (Å²) >= 11 is 0. The van der Waals surface area contributed by atoms with Gasteiger partial charge in [0.15, 0.2) is 0 Å². The molecule has 6 heteroatoms. The summed E-state index contributed by atoms with van der Waals surface area (Å²) < 4.78 is 5.39. The van der Waals surface area contributed by atoms with Crippen molar-refractivity contribution in [2.24, 2.45) is 0 Å². The number of amides is 1. The van der Waals surface area contributed by atoms with Gasteiger partial charge in [0.2, 0.25) is 5.91 Å². The van der Waals surface area contributed by atoms with E-state index in [4.69, 9.17) is 9.72 Å². The smallest absolute Gasteiger partial charge is 0.223 e. The van der Waals surface area contributed by atoms with E-state index in [9.17, 15) is 4.79 Å². The van der Waals surface area contributed by atoms with Crippen LogP contribution in [-0.2, 0) is 24.2 Å². The van der Waals surface area contributed by atoms with Crippen LogP contribution in [0.25, 0.3) is 0 Å². The Hall–Kier alpha value is -2.47. The Kier molecular flexibility index (Phi) is 6.09. The molecule has 29 heavy (non-hydrogen) atoms. The molecule has 2 aliphatic rings. The van der Waals surface area contributed by atoms with Gasteiger partial charge in [-0.15, -0.1) is 0 Å². The van der Waals surface area contributed by atoms with Crippen molar-refractivity contribution in [1.29, 1.82) is 0 Å². The number of methoxy groups -OCH3 is 1. The fourth-order valence-corrected chi connectivity index (χ4v) is 4.42. The number of aromatic nitrogens is 2. The molecule has 1 aromatic carbocycles. The average molecular weight is 395 g/mol. The lowest BCUT2D eigenvalue weighted by molar-refractivity contribution is -0.132. The van der Waals surface area contributed by atoms with E-state index < -0.39 is 0 Å². The van der Waals surface area contributed by atoms with Gasteiger partial charge in [-0.2, -0.15) is 0 Å². The first-order chi connectivity index (χ1) is 14.2. The van der Waals surface area contributed by atoms with Crippen LogP contribution in [0.1, 0.15) is 54.4 Å². The zero-order valence-corrected chi connectivity index (χ0v) is 17.4. The number of benzene rings is 1. The predicted octanol–water partition coefficient (Wildman–Crippen LogP) is 3.16. The third-order valence-electron chi connectivity index (χ3n) is 6.17. The van der Waals surface area contributed by atoms with E-state index in [0.29, 0.717) is 25.4 Å². The minimum atomic E-state index is 0.178. The lowest BCUT2D eigenvalue weighted by Gasteiger charge is -2.33. The third kappa shape index (κ3) is 4.42. The largest absolute Gasteiger partial charge is 0.496 e.